The van der Waals surface area contributed by atoms with Crippen LogP contribution in [0.5, 0.6) is 0 Å². The molecule has 1 atom stereocenters. The van der Waals surface area contributed by atoms with Crippen LogP contribution in [0, 0.1) is 5.92 Å². The van der Waals surface area contributed by atoms with Gasteiger partial charge in [-0.2, -0.15) is 0 Å². The van der Waals surface area contributed by atoms with Gasteiger partial charge < -0.3 is 4.74 Å². The van der Waals surface area contributed by atoms with E-state index in [1.807, 2.05) is 30.3 Å². The predicted molar refractivity (Wildman–Crippen MR) is 133 cm³/mol. The molecule has 0 spiro atoms. The van der Waals surface area contributed by atoms with E-state index in [4.69, 9.17) is 4.74 Å². The van der Waals surface area contributed by atoms with Crippen molar-refractivity contribution in [3.63, 3.8) is 0 Å². The van der Waals surface area contributed by atoms with Crippen LogP contribution in [-0.2, 0) is 34.4 Å². The lowest BCUT2D eigenvalue weighted by atomic mass is 9.84. The fourth-order valence-electron chi connectivity index (χ4n) is 3.90. The van der Waals surface area contributed by atoms with Crippen molar-refractivity contribution >= 4 is 5.97 Å². The second kappa shape index (κ2) is 10.6. The fraction of sp³-hybridized carbons (Fsp3) is 0.367. The summed E-state index contributed by atoms with van der Waals surface area (Å²) in [5.74, 6) is 0.121. The molecule has 0 radical (unpaired) electrons. The standard InChI is InChI=1S/C30H36O2/c1-22(2)19-23-11-13-24(14-12-23)20-28(26-15-17-27(18-16-26)30(3,4)5)29(31)32-21-25-9-7-6-8-10-25/h6-18,22,28H,19-21H2,1-5H3. The van der Waals surface area contributed by atoms with E-state index < -0.39 is 0 Å². The highest BCUT2D eigenvalue weighted by atomic mass is 16.5. The van der Waals surface area contributed by atoms with Crippen LogP contribution in [0.2, 0.25) is 0 Å². The Hall–Kier alpha value is -2.87. The number of rotatable bonds is 8. The van der Waals surface area contributed by atoms with Crippen molar-refractivity contribution in [2.45, 2.75) is 65.4 Å². The summed E-state index contributed by atoms with van der Waals surface area (Å²) in [6.45, 7) is 11.4. The Kier molecular flexibility index (Phi) is 7.90. The van der Waals surface area contributed by atoms with E-state index in [2.05, 4.69) is 83.1 Å². The Balaban J connectivity index is 1.80. The van der Waals surface area contributed by atoms with Crippen molar-refractivity contribution in [2.75, 3.05) is 0 Å². The summed E-state index contributed by atoms with van der Waals surface area (Å²) in [7, 11) is 0. The summed E-state index contributed by atoms with van der Waals surface area (Å²) in [6, 6.07) is 27.0. The molecule has 0 N–H and O–H groups in total. The van der Waals surface area contributed by atoms with Gasteiger partial charge in [-0.05, 0) is 52.0 Å². The lowest BCUT2D eigenvalue weighted by Gasteiger charge is -2.21. The van der Waals surface area contributed by atoms with Crippen molar-refractivity contribution in [1.82, 2.24) is 0 Å². The molecule has 0 aliphatic carbocycles. The molecule has 0 saturated heterocycles. The Bertz CT molecular complexity index is 978. The molecule has 3 aromatic carbocycles. The molecule has 32 heavy (non-hydrogen) atoms. The largest absolute Gasteiger partial charge is 0.460 e. The molecule has 1 unspecified atom stereocenters. The van der Waals surface area contributed by atoms with Crippen LogP contribution in [-0.4, -0.2) is 5.97 Å². The minimum absolute atomic E-state index is 0.0775. The zero-order valence-electron chi connectivity index (χ0n) is 20.1. The lowest BCUT2D eigenvalue weighted by Crippen LogP contribution is -2.19. The summed E-state index contributed by atoms with van der Waals surface area (Å²) in [6.07, 6.45) is 1.70. The Morgan fingerprint density at radius 3 is 1.84 bits per heavy atom. The van der Waals surface area contributed by atoms with Crippen molar-refractivity contribution in [3.05, 3.63) is 107 Å². The van der Waals surface area contributed by atoms with Crippen LogP contribution in [0.4, 0.5) is 0 Å². The number of benzene rings is 3. The van der Waals surface area contributed by atoms with Crippen LogP contribution in [0.3, 0.4) is 0 Å². The van der Waals surface area contributed by atoms with Gasteiger partial charge in [-0.15, -0.1) is 0 Å². The highest BCUT2D eigenvalue weighted by Crippen LogP contribution is 2.28. The maximum atomic E-state index is 13.2. The molecule has 168 valence electrons. The van der Waals surface area contributed by atoms with Gasteiger partial charge in [0.15, 0.2) is 0 Å². The molecule has 0 amide bonds. The number of carbonyl (C=O) groups excluding carboxylic acids is 1. The topological polar surface area (TPSA) is 26.3 Å². The normalized spacial score (nSPS) is 12.6. The van der Waals surface area contributed by atoms with E-state index in [1.54, 1.807) is 0 Å². The van der Waals surface area contributed by atoms with E-state index in [0.29, 0.717) is 18.9 Å². The van der Waals surface area contributed by atoms with Gasteiger partial charge in [-0.1, -0.05) is 113 Å². The van der Waals surface area contributed by atoms with Crippen LogP contribution in [0.15, 0.2) is 78.9 Å². The molecule has 0 heterocycles. The first-order chi connectivity index (χ1) is 15.2. The van der Waals surface area contributed by atoms with Crippen molar-refractivity contribution in [1.29, 1.82) is 0 Å². The molecular formula is C30H36O2. The lowest BCUT2D eigenvalue weighted by molar-refractivity contribution is -0.146. The summed E-state index contributed by atoms with van der Waals surface area (Å²) in [4.78, 5) is 13.2. The van der Waals surface area contributed by atoms with Crippen molar-refractivity contribution in [3.8, 4) is 0 Å². The van der Waals surface area contributed by atoms with E-state index in [-0.39, 0.29) is 17.3 Å². The average Bonchev–Trinajstić information content (AvgIpc) is 2.77. The molecule has 0 saturated carbocycles. The van der Waals surface area contributed by atoms with E-state index in [1.165, 1.54) is 11.1 Å². The second-order valence-electron chi connectivity index (χ2n) is 10.1. The molecule has 0 aliphatic heterocycles. The van der Waals surface area contributed by atoms with Crippen LogP contribution < -0.4 is 0 Å². The molecule has 3 rings (SSSR count). The summed E-state index contributed by atoms with van der Waals surface area (Å²) < 4.78 is 5.75. The Morgan fingerprint density at radius 1 is 0.750 bits per heavy atom. The van der Waals surface area contributed by atoms with Gasteiger partial charge in [-0.25, -0.2) is 0 Å². The van der Waals surface area contributed by atoms with Gasteiger partial charge >= 0.3 is 5.97 Å². The zero-order chi connectivity index (χ0) is 23.1. The van der Waals surface area contributed by atoms with Crippen LogP contribution in [0.1, 0.15) is 68.4 Å². The summed E-state index contributed by atoms with van der Waals surface area (Å²) in [5, 5.41) is 0. The minimum atomic E-state index is -0.330. The van der Waals surface area contributed by atoms with Crippen LogP contribution in [0.25, 0.3) is 0 Å². The number of hydrogen-bond acceptors (Lipinski definition) is 2. The molecule has 0 fully saturated rings. The maximum absolute atomic E-state index is 13.2. The minimum Gasteiger partial charge on any atom is -0.460 e. The third-order valence-corrected chi connectivity index (χ3v) is 5.79. The first-order valence-corrected chi connectivity index (χ1v) is 11.6. The quantitative estimate of drug-likeness (QED) is 0.353. The molecular weight excluding hydrogens is 392 g/mol. The SMILES string of the molecule is CC(C)Cc1ccc(CC(C(=O)OCc2ccccc2)c2ccc(C(C)(C)C)cc2)cc1. The molecule has 0 aliphatic rings. The number of ether oxygens (including phenoxy) is 1. The molecule has 0 bridgehead atoms. The van der Waals surface area contributed by atoms with Crippen molar-refractivity contribution in [2.24, 2.45) is 5.92 Å². The number of carbonyl (C=O) groups is 1. The first kappa shape index (κ1) is 23.8. The zero-order valence-corrected chi connectivity index (χ0v) is 20.1. The average molecular weight is 429 g/mol. The maximum Gasteiger partial charge on any atom is 0.314 e. The molecule has 2 heteroatoms. The predicted octanol–water partition coefficient (Wildman–Crippen LogP) is 7.25. The van der Waals surface area contributed by atoms with Gasteiger partial charge in [0.1, 0.15) is 6.61 Å². The fourth-order valence-corrected chi connectivity index (χ4v) is 3.90. The third-order valence-electron chi connectivity index (χ3n) is 5.79. The van der Waals surface area contributed by atoms with Crippen molar-refractivity contribution < 1.29 is 9.53 Å². The van der Waals surface area contributed by atoms with Gasteiger partial charge in [-0.3, -0.25) is 4.79 Å². The Morgan fingerprint density at radius 2 is 1.31 bits per heavy atom. The first-order valence-electron chi connectivity index (χ1n) is 11.6. The van der Waals surface area contributed by atoms with E-state index >= 15 is 0 Å². The molecule has 2 nitrogen and oxygen atoms in total. The second-order valence-corrected chi connectivity index (χ2v) is 10.1. The van der Waals surface area contributed by atoms with Crippen LogP contribution >= 0.6 is 0 Å². The van der Waals surface area contributed by atoms with Gasteiger partial charge in [0.05, 0.1) is 5.92 Å². The van der Waals surface area contributed by atoms with Gasteiger partial charge in [0, 0.05) is 0 Å². The highest BCUT2D eigenvalue weighted by Gasteiger charge is 2.24. The van der Waals surface area contributed by atoms with Gasteiger partial charge in [0.2, 0.25) is 0 Å². The van der Waals surface area contributed by atoms with E-state index in [9.17, 15) is 4.79 Å². The van der Waals surface area contributed by atoms with E-state index in [0.717, 1.165) is 23.1 Å². The molecule has 3 aromatic rings. The smallest absolute Gasteiger partial charge is 0.314 e. The van der Waals surface area contributed by atoms with Gasteiger partial charge in [0.25, 0.3) is 0 Å². The Labute approximate surface area is 193 Å². The summed E-state index contributed by atoms with van der Waals surface area (Å²) in [5.41, 5.74) is 5.83. The third kappa shape index (κ3) is 6.82. The number of esters is 1. The number of hydrogen-bond donors (Lipinski definition) is 0. The summed E-state index contributed by atoms with van der Waals surface area (Å²) >= 11 is 0. The highest BCUT2D eigenvalue weighted by molar-refractivity contribution is 5.78. The monoisotopic (exact) mass is 428 g/mol. The molecule has 0 aromatic heterocycles.